The van der Waals surface area contributed by atoms with Crippen molar-refractivity contribution in [1.29, 1.82) is 0 Å². The van der Waals surface area contributed by atoms with Crippen molar-refractivity contribution in [3.63, 3.8) is 0 Å². The molecule has 0 radical (unpaired) electrons. The van der Waals surface area contributed by atoms with Gasteiger partial charge >= 0.3 is 6.09 Å². The highest BCUT2D eigenvalue weighted by Gasteiger charge is 2.63. The normalized spacial score (nSPS) is 29.6. The SMILES string of the molecule is O=C(O)N1CC2(C[C@H](C3c4ccccc4-c4cncn43)[C@H]2O)C1. The lowest BCUT2D eigenvalue weighted by atomic mass is 9.53. The number of aromatic nitrogens is 2. The van der Waals surface area contributed by atoms with Crippen LogP contribution in [0.2, 0.25) is 0 Å². The second-order valence-electron chi connectivity index (χ2n) is 7.03. The van der Waals surface area contributed by atoms with E-state index in [1.54, 1.807) is 0 Å². The Morgan fingerprint density at radius 1 is 1.30 bits per heavy atom. The average Bonchev–Trinajstić information content (AvgIpc) is 3.06. The summed E-state index contributed by atoms with van der Waals surface area (Å²) in [5.41, 5.74) is 3.28. The third-order valence-corrected chi connectivity index (χ3v) is 5.88. The Labute approximate surface area is 133 Å². The summed E-state index contributed by atoms with van der Waals surface area (Å²) in [6, 6.07) is 8.37. The number of carbonyl (C=O) groups is 1. The molecule has 1 saturated carbocycles. The first-order chi connectivity index (χ1) is 11.1. The lowest BCUT2D eigenvalue weighted by Crippen LogP contribution is -2.71. The first kappa shape index (κ1) is 13.1. The van der Waals surface area contributed by atoms with E-state index in [1.165, 1.54) is 16.0 Å². The predicted molar refractivity (Wildman–Crippen MR) is 81.9 cm³/mol. The molecule has 5 rings (SSSR count). The smallest absolute Gasteiger partial charge is 0.407 e. The fourth-order valence-corrected chi connectivity index (χ4v) is 4.75. The van der Waals surface area contributed by atoms with E-state index in [1.807, 2.05) is 24.7 Å². The van der Waals surface area contributed by atoms with Gasteiger partial charge in [0.2, 0.25) is 0 Å². The number of amides is 1. The Morgan fingerprint density at radius 2 is 2.09 bits per heavy atom. The summed E-state index contributed by atoms with van der Waals surface area (Å²) in [6.07, 6.45) is 3.20. The fraction of sp³-hybridized carbons (Fsp3) is 0.412. The maximum absolute atomic E-state index is 11.0. The second-order valence-corrected chi connectivity index (χ2v) is 7.03. The van der Waals surface area contributed by atoms with Gasteiger partial charge < -0.3 is 19.7 Å². The molecule has 1 aromatic heterocycles. The molecule has 1 aromatic carbocycles. The van der Waals surface area contributed by atoms with E-state index in [9.17, 15) is 9.90 Å². The van der Waals surface area contributed by atoms with Gasteiger partial charge in [-0.05, 0) is 12.0 Å². The Bertz CT molecular complexity index is 809. The molecule has 1 amide bonds. The molecule has 3 atom stereocenters. The van der Waals surface area contributed by atoms with E-state index in [0.29, 0.717) is 13.1 Å². The summed E-state index contributed by atoms with van der Waals surface area (Å²) in [5.74, 6) is 0.113. The first-order valence-corrected chi connectivity index (χ1v) is 7.88. The lowest BCUT2D eigenvalue weighted by molar-refractivity contribution is -0.194. The molecule has 3 heterocycles. The number of carboxylic acid groups (broad SMARTS) is 1. The highest BCUT2D eigenvalue weighted by Crippen LogP contribution is 2.59. The van der Waals surface area contributed by atoms with Crippen LogP contribution < -0.4 is 0 Å². The minimum absolute atomic E-state index is 0.100. The molecule has 6 heteroatoms. The van der Waals surface area contributed by atoms with Gasteiger partial charge in [-0.2, -0.15) is 0 Å². The minimum Gasteiger partial charge on any atom is -0.465 e. The molecule has 1 unspecified atom stereocenters. The van der Waals surface area contributed by atoms with Crippen molar-refractivity contribution in [2.75, 3.05) is 13.1 Å². The van der Waals surface area contributed by atoms with Crippen LogP contribution in [0.5, 0.6) is 0 Å². The Hall–Kier alpha value is -2.34. The van der Waals surface area contributed by atoms with Gasteiger partial charge in [0.1, 0.15) is 0 Å². The summed E-state index contributed by atoms with van der Waals surface area (Å²) in [5, 5.41) is 19.8. The largest absolute Gasteiger partial charge is 0.465 e. The first-order valence-electron chi connectivity index (χ1n) is 7.88. The number of likely N-dealkylation sites (tertiary alicyclic amines) is 1. The highest BCUT2D eigenvalue weighted by atomic mass is 16.4. The molecule has 2 fully saturated rings. The van der Waals surface area contributed by atoms with Crippen LogP contribution in [0.4, 0.5) is 4.79 Å². The fourth-order valence-electron chi connectivity index (χ4n) is 4.75. The van der Waals surface area contributed by atoms with Gasteiger partial charge in [-0.3, -0.25) is 0 Å². The number of hydrogen-bond acceptors (Lipinski definition) is 3. The summed E-state index contributed by atoms with van der Waals surface area (Å²) >= 11 is 0. The van der Waals surface area contributed by atoms with Gasteiger partial charge in [0.15, 0.2) is 0 Å². The van der Waals surface area contributed by atoms with Crippen molar-refractivity contribution in [3.05, 3.63) is 42.4 Å². The van der Waals surface area contributed by atoms with Crippen molar-refractivity contribution in [2.24, 2.45) is 11.3 Å². The predicted octanol–water partition coefficient (Wildman–Crippen LogP) is 1.81. The number of imidazole rings is 1. The van der Waals surface area contributed by atoms with Crippen molar-refractivity contribution in [2.45, 2.75) is 18.6 Å². The molecule has 1 saturated heterocycles. The molecule has 118 valence electrons. The van der Waals surface area contributed by atoms with Crippen molar-refractivity contribution in [3.8, 4) is 11.3 Å². The van der Waals surface area contributed by atoms with Crippen LogP contribution in [-0.4, -0.2) is 50.0 Å². The van der Waals surface area contributed by atoms with Crippen LogP contribution in [0.25, 0.3) is 11.3 Å². The minimum atomic E-state index is -0.894. The molecule has 23 heavy (non-hydrogen) atoms. The van der Waals surface area contributed by atoms with E-state index < -0.39 is 12.2 Å². The molecule has 1 spiro atoms. The van der Waals surface area contributed by atoms with E-state index in [0.717, 1.165) is 12.1 Å². The molecule has 3 aliphatic rings. The van der Waals surface area contributed by atoms with E-state index in [4.69, 9.17) is 5.11 Å². The third-order valence-electron chi connectivity index (χ3n) is 5.88. The lowest BCUT2D eigenvalue weighted by Gasteiger charge is -2.62. The van der Waals surface area contributed by atoms with Gasteiger partial charge in [0.25, 0.3) is 0 Å². The number of aliphatic hydroxyl groups is 1. The number of nitrogens with zero attached hydrogens (tertiary/aromatic N) is 3. The maximum atomic E-state index is 11.0. The zero-order chi connectivity index (χ0) is 15.8. The van der Waals surface area contributed by atoms with E-state index in [2.05, 4.69) is 21.7 Å². The topological polar surface area (TPSA) is 78.6 Å². The van der Waals surface area contributed by atoms with Gasteiger partial charge in [-0.25, -0.2) is 9.78 Å². The number of fused-ring (bicyclic) bond motifs is 3. The zero-order valence-electron chi connectivity index (χ0n) is 12.5. The Balaban J connectivity index is 1.45. The number of benzene rings is 1. The number of aliphatic hydroxyl groups excluding tert-OH is 1. The molecular weight excluding hydrogens is 294 g/mol. The summed E-state index contributed by atoms with van der Waals surface area (Å²) in [4.78, 5) is 16.6. The molecular formula is C17H17N3O3. The Kier molecular flexibility index (Phi) is 2.36. The van der Waals surface area contributed by atoms with Crippen LogP contribution in [0.3, 0.4) is 0 Å². The molecule has 2 aromatic rings. The van der Waals surface area contributed by atoms with Crippen LogP contribution in [-0.2, 0) is 0 Å². The average molecular weight is 311 g/mol. The second kappa shape index (κ2) is 4.14. The van der Waals surface area contributed by atoms with Gasteiger partial charge in [0, 0.05) is 30.0 Å². The summed E-state index contributed by atoms with van der Waals surface area (Å²) in [7, 11) is 0. The summed E-state index contributed by atoms with van der Waals surface area (Å²) in [6.45, 7) is 0.899. The van der Waals surface area contributed by atoms with Crippen molar-refractivity contribution < 1.29 is 15.0 Å². The third kappa shape index (κ3) is 1.51. The highest BCUT2D eigenvalue weighted by molar-refractivity contribution is 5.69. The monoisotopic (exact) mass is 311 g/mol. The molecule has 2 N–H and O–H groups in total. The van der Waals surface area contributed by atoms with Gasteiger partial charge in [0.05, 0.1) is 30.4 Å². The zero-order valence-corrected chi connectivity index (χ0v) is 12.5. The quantitative estimate of drug-likeness (QED) is 0.842. The molecule has 1 aliphatic carbocycles. The molecule has 0 bridgehead atoms. The molecule has 2 aliphatic heterocycles. The van der Waals surface area contributed by atoms with Crippen LogP contribution in [0.15, 0.2) is 36.8 Å². The van der Waals surface area contributed by atoms with Crippen LogP contribution in [0, 0.1) is 11.3 Å². The van der Waals surface area contributed by atoms with E-state index >= 15 is 0 Å². The van der Waals surface area contributed by atoms with Crippen LogP contribution >= 0.6 is 0 Å². The van der Waals surface area contributed by atoms with Crippen molar-refractivity contribution >= 4 is 6.09 Å². The summed E-state index contributed by atoms with van der Waals surface area (Å²) < 4.78 is 2.15. The Morgan fingerprint density at radius 3 is 2.83 bits per heavy atom. The van der Waals surface area contributed by atoms with Crippen LogP contribution in [0.1, 0.15) is 18.0 Å². The standard InChI is InChI=1S/C17H17N3O3/c21-15-12(5-17(15)7-19(8-17)16(22)23)14-11-4-2-1-3-10(11)13-6-18-9-20(13)14/h1-4,6,9,12,14-15,21H,5,7-8H2,(H,22,23)/t12-,14?,15-/m1/s1. The maximum Gasteiger partial charge on any atom is 0.407 e. The number of rotatable bonds is 1. The van der Waals surface area contributed by atoms with Gasteiger partial charge in [-0.1, -0.05) is 24.3 Å². The number of hydrogen-bond donors (Lipinski definition) is 2. The van der Waals surface area contributed by atoms with Crippen molar-refractivity contribution in [1.82, 2.24) is 14.5 Å². The molecule has 6 nitrogen and oxygen atoms in total. The van der Waals surface area contributed by atoms with E-state index in [-0.39, 0.29) is 17.4 Å². The van der Waals surface area contributed by atoms with Gasteiger partial charge in [-0.15, -0.1) is 0 Å².